The number of aromatic nitrogens is 2. The minimum Gasteiger partial charge on any atom is -0.348 e. The van der Waals surface area contributed by atoms with Gasteiger partial charge in [-0.05, 0) is 19.3 Å². The van der Waals surface area contributed by atoms with Crippen LogP contribution in [0.5, 0.6) is 0 Å². The summed E-state index contributed by atoms with van der Waals surface area (Å²) in [6.07, 6.45) is 4.94. The van der Waals surface area contributed by atoms with E-state index in [1.165, 1.54) is 5.69 Å². The van der Waals surface area contributed by atoms with Gasteiger partial charge in [0.1, 0.15) is 5.88 Å². The number of alkyl halides is 1. The molecule has 0 saturated carbocycles. The van der Waals surface area contributed by atoms with Gasteiger partial charge in [0.15, 0.2) is 0 Å². The molecule has 0 spiro atoms. The van der Waals surface area contributed by atoms with Crippen LogP contribution in [-0.4, -0.2) is 21.6 Å². The minimum atomic E-state index is -0.113. The zero-order valence-electron chi connectivity index (χ0n) is 8.66. The maximum Gasteiger partial charge on any atom is 0.235 e. The van der Waals surface area contributed by atoms with Gasteiger partial charge in [0.2, 0.25) is 5.91 Å². The molecule has 1 unspecified atom stereocenters. The highest BCUT2D eigenvalue weighted by Gasteiger charge is 2.24. The zero-order chi connectivity index (χ0) is 10.8. The largest absolute Gasteiger partial charge is 0.348 e. The summed E-state index contributed by atoms with van der Waals surface area (Å²) in [5, 5.41) is 7.13. The molecule has 0 radical (unpaired) electrons. The van der Waals surface area contributed by atoms with E-state index in [1.807, 2.05) is 17.9 Å². The van der Waals surface area contributed by atoms with Gasteiger partial charge in [-0.25, -0.2) is 0 Å². The van der Waals surface area contributed by atoms with Crippen LogP contribution in [0.3, 0.4) is 0 Å². The van der Waals surface area contributed by atoms with Gasteiger partial charge in [-0.15, -0.1) is 11.6 Å². The van der Waals surface area contributed by atoms with E-state index < -0.39 is 0 Å². The van der Waals surface area contributed by atoms with Gasteiger partial charge < -0.3 is 5.32 Å². The summed E-state index contributed by atoms with van der Waals surface area (Å²) in [6, 6.07) is 0.0914. The van der Waals surface area contributed by atoms with Crippen molar-refractivity contribution in [1.82, 2.24) is 15.1 Å². The van der Waals surface area contributed by atoms with Crippen molar-refractivity contribution in [2.24, 2.45) is 7.05 Å². The molecular formula is C10H14ClN3O. The number of carbonyl (C=O) groups excluding carboxylic acids is 1. The third-order valence-electron chi connectivity index (χ3n) is 2.83. The van der Waals surface area contributed by atoms with Crippen molar-refractivity contribution in [2.75, 3.05) is 5.88 Å². The predicted octanol–water partition coefficient (Wildman–Crippen LogP) is 1.15. The number of carbonyl (C=O) groups is 1. The molecule has 0 fully saturated rings. The van der Waals surface area contributed by atoms with Gasteiger partial charge in [0.05, 0.1) is 12.2 Å². The van der Waals surface area contributed by atoms with Crippen LogP contribution < -0.4 is 5.32 Å². The lowest BCUT2D eigenvalue weighted by atomic mass is 9.93. The summed E-state index contributed by atoms with van der Waals surface area (Å²) in [5.74, 6) is -0.0927. The minimum absolute atomic E-state index is 0.0199. The lowest BCUT2D eigenvalue weighted by Gasteiger charge is -2.23. The summed E-state index contributed by atoms with van der Waals surface area (Å²) < 4.78 is 1.88. The topological polar surface area (TPSA) is 46.9 Å². The molecule has 1 amide bonds. The molecule has 0 aromatic carbocycles. The first-order valence-electron chi connectivity index (χ1n) is 5.08. The standard InChI is InChI=1S/C10H14ClN3O/c1-14-9-4-2-3-8(7(9)6-12-14)13-10(15)5-11/h6,8H,2-5H2,1H3,(H,13,15). The normalized spacial score (nSPS) is 19.7. The average molecular weight is 228 g/mol. The zero-order valence-corrected chi connectivity index (χ0v) is 9.42. The summed E-state index contributed by atoms with van der Waals surface area (Å²) >= 11 is 5.47. The summed E-state index contributed by atoms with van der Waals surface area (Å²) in [7, 11) is 1.94. The molecule has 15 heavy (non-hydrogen) atoms. The van der Waals surface area contributed by atoms with Crippen LogP contribution in [0.1, 0.15) is 30.1 Å². The van der Waals surface area contributed by atoms with Crippen molar-refractivity contribution in [1.29, 1.82) is 0 Å². The lowest BCUT2D eigenvalue weighted by Crippen LogP contribution is -2.31. The van der Waals surface area contributed by atoms with Gasteiger partial charge in [-0.2, -0.15) is 5.10 Å². The van der Waals surface area contributed by atoms with Crippen LogP contribution >= 0.6 is 11.6 Å². The third kappa shape index (κ3) is 2.00. The summed E-state index contributed by atoms with van der Waals surface area (Å²) in [4.78, 5) is 11.2. The molecule has 0 bridgehead atoms. The highest BCUT2D eigenvalue weighted by Crippen LogP contribution is 2.28. The Morgan fingerprint density at radius 3 is 3.33 bits per heavy atom. The molecule has 1 N–H and O–H groups in total. The predicted molar refractivity (Wildman–Crippen MR) is 57.7 cm³/mol. The van der Waals surface area contributed by atoms with Gasteiger partial charge in [0, 0.05) is 18.3 Å². The van der Waals surface area contributed by atoms with Crippen molar-refractivity contribution in [3.8, 4) is 0 Å². The highest BCUT2D eigenvalue weighted by atomic mass is 35.5. The number of hydrogen-bond donors (Lipinski definition) is 1. The molecular weight excluding hydrogens is 214 g/mol. The van der Waals surface area contributed by atoms with Crippen molar-refractivity contribution >= 4 is 17.5 Å². The quantitative estimate of drug-likeness (QED) is 0.771. The Hall–Kier alpha value is -1.03. The van der Waals surface area contributed by atoms with E-state index in [1.54, 1.807) is 0 Å². The fraction of sp³-hybridized carbons (Fsp3) is 0.600. The first kappa shape index (κ1) is 10.5. The molecule has 1 heterocycles. The molecule has 1 atom stereocenters. The van der Waals surface area contributed by atoms with Crippen molar-refractivity contribution in [2.45, 2.75) is 25.3 Å². The number of amides is 1. The number of nitrogens with one attached hydrogen (secondary N) is 1. The van der Waals surface area contributed by atoms with E-state index >= 15 is 0 Å². The van der Waals surface area contributed by atoms with Crippen LogP contribution in [-0.2, 0) is 18.3 Å². The average Bonchev–Trinajstić information content (AvgIpc) is 2.62. The Kier molecular flexibility index (Phi) is 2.95. The molecule has 1 aromatic rings. The van der Waals surface area contributed by atoms with Gasteiger partial charge in [0.25, 0.3) is 0 Å². The lowest BCUT2D eigenvalue weighted by molar-refractivity contribution is -0.119. The second kappa shape index (κ2) is 4.23. The Bertz CT molecular complexity index is 375. The van der Waals surface area contributed by atoms with Crippen molar-refractivity contribution < 1.29 is 4.79 Å². The van der Waals surface area contributed by atoms with Crippen molar-refractivity contribution in [3.05, 3.63) is 17.5 Å². The molecule has 1 aromatic heterocycles. The van der Waals surface area contributed by atoms with Crippen LogP contribution in [0, 0.1) is 0 Å². The molecule has 0 saturated heterocycles. The third-order valence-corrected chi connectivity index (χ3v) is 3.07. The second-order valence-corrected chi connectivity index (χ2v) is 4.08. The highest BCUT2D eigenvalue weighted by molar-refractivity contribution is 6.27. The fourth-order valence-electron chi connectivity index (χ4n) is 2.09. The molecule has 82 valence electrons. The first-order chi connectivity index (χ1) is 7.22. The van der Waals surface area contributed by atoms with E-state index in [0.717, 1.165) is 24.8 Å². The maximum absolute atomic E-state index is 11.2. The van der Waals surface area contributed by atoms with Crippen LogP contribution in [0.15, 0.2) is 6.20 Å². The van der Waals surface area contributed by atoms with Gasteiger partial charge in [-0.1, -0.05) is 0 Å². The Morgan fingerprint density at radius 2 is 2.60 bits per heavy atom. The molecule has 1 aliphatic rings. The van der Waals surface area contributed by atoms with E-state index in [2.05, 4.69) is 10.4 Å². The maximum atomic E-state index is 11.2. The van der Waals surface area contributed by atoms with E-state index in [0.29, 0.717) is 0 Å². The SMILES string of the molecule is Cn1ncc2c1CCCC2NC(=O)CCl. The number of rotatable bonds is 2. The van der Waals surface area contributed by atoms with E-state index in [4.69, 9.17) is 11.6 Å². The number of fused-ring (bicyclic) bond motifs is 1. The van der Waals surface area contributed by atoms with Crippen LogP contribution in [0.4, 0.5) is 0 Å². The number of halogens is 1. The monoisotopic (exact) mass is 227 g/mol. The number of hydrogen-bond acceptors (Lipinski definition) is 2. The number of nitrogens with zero attached hydrogens (tertiary/aromatic N) is 2. The molecule has 5 heteroatoms. The molecule has 0 aliphatic heterocycles. The molecule has 2 rings (SSSR count). The summed E-state index contributed by atoms with van der Waals surface area (Å²) in [6.45, 7) is 0. The van der Waals surface area contributed by atoms with Crippen molar-refractivity contribution in [3.63, 3.8) is 0 Å². The number of aryl methyl sites for hydroxylation is 1. The molecule has 4 nitrogen and oxygen atoms in total. The van der Waals surface area contributed by atoms with Gasteiger partial charge >= 0.3 is 0 Å². The Morgan fingerprint density at radius 1 is 1.80 bits per heavy atom. The van der Waals surface area contributed by atoms with E-state index in [-0.39, 0.29) is 17.8 Å². The first-order valence-corrected chi connectivity index (χ1v) is 5.62. The van der Waals surface area contributed by atoms with E-state index in [9.17, 15) is 4.79 Å². The van der Waals surface area contributed by atoms with Crippen LogP contribution in [0.2, 0.25) is 0 Å². The summed E-state index contributed by atoms with van der Waals surface area (Å²) in [5.41, 5.74) is 2.36. The smallest absolute Gasteiger partial charge is 0.235 e. The Balaban J connectivity index is 2.19. The Labute approximate surface area is 93.6 Å². The molecule has 1 aliphatic carbocycles. The second-order valence-electron chi connectivity index (χ2n) is 3.82. The van der Waals surface area contributed by atoms with Crippen LogP contribution in [0.25, 0.3) is 0 Å². The fourth-order valence-corrected chi connectivity index (χ4v) is 2.17. The van der Waals surface area contributed by atoms with Gasteiger partial charge in [-0.3, -0.25) is 9.48 Å².